The maximum Gasteiger partial charge on any atom is 0.249 e. The second kappa shape index (κ2) is 12.2. The topological polar surface area (TPSA) is 93.5 Å². The number of carbonyl (C=O) groups is 2. The van der Waals surface area contributed by atoms with Crippen molar-refractivity contribution in [3.05, 3.63) is 71.9 Å². The van der Waals surface area contributed by atoms with E-state index in [1.54, 1.807) is 0 Å². The lowest BCUT2D eigenvalue weighted by Crippen LogP contribution is -2.44. The smallest absolute Gasteiger partial charge is 0.249 e. The molecule has 2 N–H and O–H groups in total. The minimum absolute atomic E-state index is 0.146. The first-order chi connectivity index (χ1) is 17.1. The molecule has 2 amide bonds. The molecule has 7 heteroatoms. The SMILES string of the molecule is CCCC(NC(=O)Cc1cccc(Oc2ccccc2)c1)C(=O)Nc1cc(C2CCCCC2)no1. The van der Waals surface area contributed by atoms with Crippen molar-refractivity contribution in [2.24, 2.45) is 0 Å². The van der Waals surface area contributed by atoms with E-state index in [1.165, 1.54) is 19.3 Å². The summed E-state index contributed by atoms with van der Waals surface area (Å²) in [4.78, 5) is 25.7. The fraction of sp³-hybridized carbons (Fsp3) is 0.393. The van der Waals surface area contributed by atoms with Crippen molar-refractivity contribution in [2.45, 2.75) is 70.3 Å². The molecule has 0 spiro atoms. The number of aromatic nitrogens is 1. The molecule has 7 nitrogen and oxygen atoms in total. The van der Waals surface area contributed by atoms with Crippen molar-refractivity contribution in [1.82, 2.24) is 10.5 Å². The van der Waals surface area contributed by atoms with Crippen molar-refractivity contribution >= 4 is 17.7 Å². The highest BCUT2D eigenvalue weighted by atomic mass is 16.5. The van der Waals surface area contributed by atoms with Crippen LogP contribution in [0.5, 0.6) is 11.5 Å². The van der Waals surface area contributed by atoms with Gasteiger partial charge in [-0.2, -0.15) is 0 Å². The molecule has 2 aromatic carbocycles. The summed E-state index contributed by atoms with van der Waals surface area (Å²) >= 11 is 0. The molecule has 0 aliphatic heterocycles. The first-order valence-corrected chi connectivity index (χ1v) is 12.5. The average Bonchev–Trinajstić information content (AvgIpc) is 3.33. The van der Waals surface area contributed by atoms with Crippen LogP contribution >= 0.6 is 0 Å². The molecule has 1 aromatic heterocycles. The number of hydrogen-bond acceptors (Lipinski definition) is 5. The Morgan fingerprint density at radius 3 is 2.57 bits per heavy atom. The molecule has 0 bridgehead atoms. The zero-order chi connectivity index (χ0) is 24.5. The predicted octanol–water partition coefficient (Wildman–Crippen LogP) is 5.98. The molecule has 1 aliphatic carbocycles. The van der Waals surface area contributed by atoms with Crippen LogP contribution in [-0.2, 0) is 16.0 Å². The van der Waals surface area contributed by atoms with Gasteiger partial charge >= 0.3 is 0 Å². The molecule has 1 unspecified atom stereocenters. The lowest BCUT2D eigenvalue weighted by molar-refractivity contribution is -0.126. The van der Waals surface area contributed by atoms with Crippen molar-refractivity contribution in [3.8, 4) is 11.5 Å². The number of amides is 2. The minimum atomic E-state index is -0.653. The molecule has 1 atom stereocenters. The van der Waals surface area contributed by atoms with Crippen LogP contribution in [0.15, 0.2) is 65.2 Å². The van der Waals surface area contributed by atoms with Gasteiger partial charge < -0.3 is 14.6 Å². The number of para-hydroxylation sites is 1. The van der Waals surface area contributed by atoms with Crippen LogP contribution < -0.4 is 15.4 Å². The van der Waals surface area contributed by atoms with Gasteiger partial charge in [0.1, 0.15) is 17.5 Å². The summed E-state index contributed by atoms with van der Waals surface area (Å²) in [6, 6.07) is 18.1. The second-order valence-electron chi connectivity index (χ2n) is 9.09. The number of nitrogens with zero attached hydrogens (tertiary/aromatic N) is 1. The largest absolute Gasteiger partial charge is 0.457 e. The van der Waals surface area contributed by atoms with Gasteiger partial charge in [-0.05, 0) is 49.1 Å². The van der Waals surface area contributed by atoms with E-state index in [9.17, 15) is 9.59 Å². The summed E-state index contributed by atoms with van der Waals surface area (Å²) < 4.78 is 11.2. The number of benzene rings is 2. The lowest BCUT2D eigenvalue weighted by Gasteiger charge is -2.18. The highest BCUT2D eigenvalue weighted by molar-refractivity contribution is 5.96. The van der Waals surface area contributed by atoms with E-state index in [0.717, 1.165) is 36.3 Å². The molecular formula is C28H33N3O4. The van der Waals surface area contributed by atoms with Gasteiger partial charge in [-0.1, -0.05) is 68.1 Å². The van der Waals surface area contributed by atoms with Gasteiger partial charge in [-0.25, -0.2) is 0 Å². The van der Waals surface area contributed by atoms with E-state index in [0.29, 0.717) is 24.0 Å². The Labute approximate surface area is 206 Å². The average molecular weight is 476 g/mol. The number of hydrogen-bond donors (Lipinski definition) is 2. The fourth-order valence-electron chi connectivity index (χ4n) is 4.48. The summed E-state index contributed by atoms with van der Waals surface area (Å²) in [7, 11) is 0. The van der Waals surface area contributed by atoms with Gasteiger partial charge in [0.2, 0.25) is 17.7 Å². The van der Waals surface area contributed by atoms with Crippen LogP contribution in [0.1, 0.15) is 69.0 Å². The number of carbonyl (C=O) groups excluding carboxylic acids is 2. The van der Waals surface area contributed by atoms with Crippen molar-refractivity contribution in [2.75, 3.05) is 5.32 Å². The van der Waals surface area contributed by atoms with Gasteiger partial charge in [0.05, 0.1) is 12.1 Å². The maximum atomic E-state index is 12.9. The van der Waals surface area contributed by atoms with E-state index < -0.39 is 6.04 Å². The van der Waals surface area contributed by atoms with E-state index in [2.05, 4.69) is 15.8 Å². The van der Waals surface area contributed by atoms with E-state index in [4.69, 9.17) is 9.26 Å². The van der Waals surface area contributed by atoms with E-state index in [-0.39, 0.29) is 18.2 Å². The Morgan fingerprint density at radius 2 is 1.80 bits per heavy atom. The highest BCUT2D eigenvalue weighted by Gasteiger charge is 2.23. The lowest BCUT2D eigenvalue weighted by atomic mass is 9.87. The summed E-state index contributed by atoms with van der Waals surface area (Å²) in [6.45, 7) is 1.98. The molecule has 1 saturated carbocycles. The molecule has 1 heterocycles. The van der Waals surface area contributed by atoms with Gasteiger partial charge in [-0.3, -0.25) is 14.9 Å². The summed E-state index contributed by atoms with van der Waals surface area (Å²) in [5.74, 6) is 1.59. The summed E-state index contributed by atoms with van der Waals surface area (Å²) in [5.41, 5.74) is 1.70. The van der Waals surface area contributed by atoms with Crippen molar-refractivity contribution in [1.29, 1.82) is 0 Å². The number of ether oxygens (including phenoxy) is 1. The number of nitrogens with one attached hydrogen (secondary N) is 2. The van der Waals surface area contributed by atoms with Crippen LogP contribution in [0.25, 0.3) is 0 Å². The van der Waals surface area contributed by atoms with E-state index >= 15 is 0 Å². The van der Waals surface area contributed by atoms with Crippen LogP contribution in [0.2, 0.25) is 0 Å². The number of rotatable bonds is 10. The Kier molecular flexibility index (Phi) is 8.54. The minimum Gasteiger partial charge on any atom is -0.457 e. The fourth-order valence-corrected chi connectivity index (χ4v) is 4.48. The Hall–Kier alpha value is -3.61. The Morgan fingerprint density at radius 1 is 1.03 bits per heavy atom. The summed E-state index contributed by atoms with van der Waals surface area (Å²) in [5, 5.41) is 9.83. The van der Waals surface area contributed by atoms with Gasteiger partial charge in [0, 0.05) is 12.0 Å². The van der Waals surface area contributed by atoms with Crippen molar-refractivity contribution < 1.29 is 18.8 Å². The van der Waals surface area contributed by atoms with Crippen LogP contribution in [0, 0.1) is 0 Å². The zero-order valence-corrected chi connectivity index (χ0v) is 20.2. The molecule has 1 fully saturated rings. The predicted molar refractivity (Wildman–Crippen MR) is 134 cm³/mol. The van der Waals surface area contributed by atoms with Crippen LogP contribution in [-0.4, -0.2) is 23.0 Å². The Bertz CT molecular complexity index is 1110. The third kappa shape index (κ3) is 7.18. The molecule has 35 heavy (non-hydrogen) atoms. The molecular weight excluding hydrogens is 442 g/mol. The molecule has 3 aromatic rings. The normalized spacial score (nSPS) is 14.8. The molecule has 0 radical (unpaired) electrons. The second-order valence-corrected chi connectivity index (χ2v) is 9.09. The first-order valence-electron chi connectivity index (χ1n) is 12.5. The summed E-state index contributed by atoms with van der Waals surface area (Å²) in [6.07, 6.45) is 7.30. The standard InChI is InChI=1S/C28H33N3O4/c1-2-10-24(28(33)30-27-19-25(31-35-27)21-12-5-3-6-13-21)29-26(32)18-20-11-9-16-23(17-20)34-22-14-7-4-8-15-22/h4,7-9,11,14-17,19,21,24H,2-3,5-6,10,12-13,18H2,1H3,(H,29,32)(H,30,33). The highest BCUT2D eigenvalue weighted by Crippen LogP contribution is 2.33. The zero-order valence-electron chi connectivity index (χ0n) is 20.2. The Balaban J connectivity index is 1.33. The van der Waals surface area contributed by atoms with Crippen LogP contribution in [0.3, 0.4) is 0 Å². The number of anilines is 1. The van der Waals surface area contributed by atoms with E-state index in [1.807, 2.05) is 67.6 Å². The van der Waals surface area contributed by atoms with Gasteiger partial charge in [0.25, 0.3) is 0 Å². The monoisotopic (exact) mass is 475 g/mol. The van der Waals surface area contributed by atoms with Gasteiger partial charge in [-0.15, -0.1) is 0 Å². The third-order valence-electron chi connectivity index (χ3n) is 6.27. The van der Waals surface area contributed by atoms with Crippen LogP contribution in [0.4, 0.5) is 5.88 Å². The third-order valence-corrected chi connectivity index (χ3v) is 6.27. The quantitative estimate of drug-likeness (QED) is 0.376. The molecule has 0 saturated heterocycles. The van der Waals surface area contributed by atoms with Crippen molar-refractivity contribution in [3.63, 3.8) is 0 Å². The molecule has 184 valence electrons. The molecule has 4 rings (SSSR count). The van der Waals surface area contributed by atoms with Gasteiger partial charge in [0.15, 0.2) is 0 Å². The maximum absolute atomic E-state index is 12.9. The molecule has 1 aliphatic rings. The first kappa shape index (κ1) is 24.5.